The van der Waals surface area contributed by atoms with Crippen LogP contribution in [0.15, 0.2) is 22.9 Å². The van der Waals surface area contributed by atoms with Crippen LogP contribution < -0.4 is 5.32 Å². The molecule has 2 amide bonds. The number of carbonyl (C=O) groups is 2. The molecule has 20 heavy (non-hydrogen) atoms. The lowest BCUT2D eigenvalue weighted by molar-refractivity contribution is -0.167. The second kappa shape index (κ2) is 6.60. The van der Waals surface area contributed by atoms with E-state index in [1.807, 2.05) is 11.4 Å². The molecule has 0 saturated carbocycles. The number of hydroxylamine groups is 2. The third kappa shape index (κ3) is 3.62. The molecule has 6 nitrogen and oxygen atoms in total. The molecular formula is C12H13N3O3S2. The quantitative estimate of drug-likeness (QED) is 0.858. The highest BCUT2D eigenvalue weighted by molar-refractivity contribution is 7.14. The van der Waals surface area contributed by atoms with Gasteiger partial charge < -0.3 is 0 Å². The molecule has 2 heterocycles. The summed E-state index contributed by atoms with van der Waals surface area (Å²) in [7, 11) is 2.96. The average molecular weight is 311 g/mol. The largest absolute Gasteiger partial charge is 0.297 e. The number of amides is 2. The number of likely N-dealkylation sites (N-methyl/N-ethyl adjacent to an activating group) is 1. The van der Waals surface area contributed by atoms with E-state index >= 15 is 0 Å². The summed E-state index contributed by atoms with van der Waals surface area (Å²) < 4.78 is 0. The monoisotopic (exact) mass is 311 g/mol. The Labute approximate surface area is 124 Å². The van der Waals surface area contributed by atoms with E-state index in [1.54, 1.807) is 11.4 Å². The Morgan fingerprint density at radius 3 is 2.90 bits per heavy atom. The third-order valence-electron chi connectivity index (χ3n) is 2.47. The number of anilines is 1. The van der Waals surface area contributed by atoms with E-state index in [2.05, 4.69) is 10.3 Å². The zero-order chi connectivity index (χ0) is 14.5. The number of thiophene rings is 1. The Bertz CT molecular complexity index is 595. The minimum Gasteiger partial charge on any atom is -0.297 e. The van der Waals surface area contributed by atoms with Crippen molar-refractivity contribution in [3.8, 4) is 0 Å². The molecule has 0 spiro atoms. The summed E-state index contributed by atoms with van der Waals surface area (Å²) in [4.78, 5) is 33.1. The smallest absolute Gasteiger partial charge is 0.267 e. The topological polar surface area (TPSA) is 71.5 Å². The van der Waals surface area contributed by atoms with Crippen LogP contribution in [-0.2, 0) is 16.1 Å². The van der Waals surface area contributed by atoms with Gasteiger partial charge in [-0.25, -0.2) is 10.0 Å². The summed E-state index contributed by atoms with van der Waals surface area (Å²) in [6, 6.07) is 3.55. The lowest BCUT2D eigenvalue weighted by atomic mass is 10.3. The molecule has 0 aliphatic rings. The van der Waals surface area contributed by atoms with Crippen LogP contribution in [0.3, 0.4) is 0 Å². The molecule has 0 unspecified atom stereocenters. The fraction of sp³-hybridized carbons (Fsp3) is 0.250. The highest BCUT2D eigenvalue weighted by atomic mass is 32.1. The van der Waals surface area contributed by atoms with E-state index in [1.165, 1.54) is 36.8 Å². The number of aromatic nitrogens is 1. The van der Waals surface area contributed by atoms with E-state index in [0.717, 1.165) is 5.06 Å². The number of rotatable bonds is 5. The van der Waals surface area contributed by atoms with Gasteiger partial charge in [-0.2, -0.15) is 0 Å². The fourth-order valence-corrected chi connectivity index (χ4v) is 2.70. The maximum atomic E-state index is 11.8. The standard InChI is InChI=1S/C12H13N3O3S2/c1-15(18-2)10(16)6-8-7-20-12(13-8)14-11(17)9-4-3-5-19-9/h3-5,7H,6H2,1-2H3,(H,13,14,17). The fourth-order valence-electron chi connectivity index (χ4n) is 1.38. The number of nitrogens with one attached hydrogen (secondary N) is 1. The summed E-state index contributed by atoms with van der Waals surface area (Å²) in [6.45, 7) is 0. The van der Waals surface area contributed by atoms with Gasteiger partial charge in [0.1, 0.15) is 0 Å². The highest BCUT2D eigenvalue weighted by Gasteiger charge is 2.13. The Kier molecular flexibility index (Phi) is 4.83. The van der Waals surface area contributed by atoms with Crippen molar-refractivity contribution >= 4 is 39.6 Å². The predicted octanol–water partition coefficient (Wildman–Crippen LogP) is 2.02. The number of nitrogens with zero attached hydrogens (tertiary/aromatic N) is 2. The molecule has 2 rings (SSSR count). The summed E-state index contributed by atoms with van der Waals surface area (Å²) >= 11 is 2.65. The maximum Gasteiger partial charge on any atom is 0.267 e. The van der Waals surface area contributed by atoms with E-state index in [0.29, 0.717) is 15.7 Å². The molecule has 0 atom stereocenters. The van der Waals surface area contributed by atoms with Crippen molar-refractivity contribution < 1.29 is 14.4 Å². The van der Waals surface area contributed by atoms with Crippen LogP contribution in [0.2, 0.25) is 0 Å². The first-order valence-corrected chi connectivity index (χ1v) is 7.46. The van der Waals surface area contributed by atoms with Crippen LogP contribution in [0.25, 0.3) is 0 Å². The molecule has 0 aromatic carbocycles. The Hall–Kier alpha value is -1.77. The number of carbonyl (C=O) groups excluding carboxylic acids is 2. The first-order chi connectivity index (χ1) is 9.60. The molecule has 0 aliphatic carbocycles. The van der Waals surface area contributed by atoms with Crippen molar-refractivity contribution in [2.75, 3.05) is 19.5 Å². The van der Waals surface area contributed by atoms with Gasteiger partial charge in [-0.15, -0.1) is 22.7 Å². The molecule has 0 aliphatic heterocycles. The van der Waals surface area contributed by atoms with Crippen molar-refractivity contribution in [2.45, 2.75) is 6.42 Å². The van der Waals surface area contributed by atoms with Crippen LogP contribution >= 0.6 is 22.7 Å². The number of hydrogen-bond donors (Lipinski definition) is 1. The average Bonchev–Trinajstić information content (AvgIpc) is 3.09. The Morgan fingerprint density at radius 2 is 2.25 bits per heavy atom. The van der Waals surface area contributed by atoms with Crippen molar-refractivity contribution in [2.24, 2.45) is 0 Å². The van der Waals surface area contributed by atoms with Gasteiger partial charge in [0, 0.05) is 12.4 Å². The second-order valence-corrected chi connectivity index (χ2v) is 5.63. The first-order valence-electron chi connectivity index (χ1n) is 5.70. The third-order valence-corrected chi connectivity index (χ3v) is 4.15. The van der Waals surface area contributed by atoms with Crippen LogP contribution in [0, 0.1) is 0 Å². The summed E-state index contributed by atoms with van der Waals surface area (Å²) in [5.41, 5.74) is 0.602. The highest BCUT2D eigenvalue weighted by Crippen LogP contribution is 2.18. The first kappa shape index (κ1) is 14.6. The lowest BCUT2D eigenvalue weighted by Crippen LogP contribution is -2.27. The number of thiazole rings is 1. The van der Waals surface area contributed by atoms with Gasteiger partial charge in [0.05, 0.1) is 24.1 Å². The van der Waals surface area contributed by atoms with Gasteiger partial charge in [0.25, 0.3) is 11.8 Å². The van der Waals surface area contributed by atoms with Gasteiger partial charge in [0.15, 0.2) is 5.13 Å². The van der Waals surface area contributed by atoms with Crippen molar-refractivity contribution in [3.05, 3.63) is 33.5 Å². The van der Waals surface area contributed by atoms with E-state index < -0.39 is 0 Å². The van der Waals surface area contributed by atoms with Gasteiger partial charge >= 0.3 is 0 Å². The second-order valence-electron chi connectivity index (χ2n) is 3.83. The molecule has 0 radical (unpaired) electrons. The van der Waals surface area contributed by atoms with Crippen molar-refractivity contribution in [1.82, 2.24) is 10.0 Å². The molecule has 2 aromatic heterocycles. The lowest BCUT2D eigenvalue weighted by Gasteiger charge is -2.12. The molecule has 1 N–H and O–H groups in total. The minimum atomic E-state index is -0.200. The maximum absolute atomic E-state index is 11.8. The number of hydrogen-bond acceptors (Lipinski definition) is 6. The summed E-state index contributed by atoms with van der Waals surface area (Å²) in [5.74, 6) is -0.393. The van der Waals surface area contributed by atoms with Crippen LogP contribution in [0.4, 0.5) is 5.13 Å². The zero-order valence-electron chi connectivity index (χ0n) is 11.0. The zero-order valence-corrected chi connectivity index (χ0v) is 12.6. The normalized spacial score (nSPS) is 10.3. The molecule has 0 bridgehead atoms. The van der Waals surface area contributed by atoms with Gasteiger partial charge in [-0.1, -0.05) is 6.07 Å². The van der Waals surface area contributed by atoms with Gasteiger partial charge in [-0.05, 0) is 11.4 Å². The Morgan fingerprint density at radius 1 is 1.45 bits per heavy atom. The molecule has 8 heteroatoms. The Balaban J connectivity index is 1.96. The van der Waals surface area contributed by atoms with Crippen molar-refractivity contribution in [1.29, 1.82) is 0 Å². The molecule has 0 saturated heterocycles. The van der Waals surface area contributed by atoms with Gasteiger partial charge in [-0.3, -0.25) is 19.7 Å². The molecule has 106 valence electrons. The molecular weight excluding hydrogens is 298 g/mol. The van der Waals surface area contributed by atoms with Gasteiger partial charge in [0.2, 0.25) is 0 Å². The molecule has 0 fully saturated rings. The molecule has 2 aromatic rings. The summed E-state index contributed by atoms with van der Waals surface area (Å²) in [5, 5.41) is 7.90. The van der Waals surface area contributed by atoms with Crippen LogP contribution in [-0.4, -0.2) is 36.0 Å². The van der Waals surface area contributed by atoms with Crippen LogP contribution in [0.5, 0.6) is 0 Å². The van der Waals surface area contributed by atoms with Crippen LogP contribution in [0.1, 0.15) is 15.4 Å². The predicted molar refractivity (Wildman–Crippen MR) is 77.9 cm³/mol. The minimum absolute atomic E-state index is 0.135. The van der Waals surface area contributed by atoms with E-state index in [-0.39, 0.29) is 18.2 Å². The summed E-state index contributed by atoms with van der Waals surface area (Å²) in [6.07, 6.45) is 0.135. The van der Waals surface area contributed by atoms with E-state index in [9.17, 15) is 9.59 Å². The van der Waals surface area contributed by atoms with E-state index in [4.69, 9.17) is 4.84 Å². The van der Waals surface area contributed by atoms with Crippen molar-refractivity contribution in [3.63, 3.8) is 0 Å². The SMILES string of the molecule is CON(C)C(=O)Cc1csc(NC(=O)c2cccs2)n1.